The van der Waals surface area contributed by atoms with Crippen LogP contribution in [0.3, 0.4) is 0 Å². The molecule has 3 rings (SSSR count). The van der Waals surface area contributed by atoms with E-state index in [0.29, 0.717) is 11.7 Å². The van der Waals surface area contributed by atoms with Gasteiger partial charge in [-0.25, -0.2) is 28.1 Å². The molecule has 0 saturated heterocycles. The van der Waals surface area contributed by atoms with E-state index in [1.807, 2.05) is 24.3 Å². The molecule has 0 N–H and O–H groups in total. The van der Waals surface area contributed by atoms with Crippen LogP contribution >= 0.6 is 0 Å². The summed E-state index contributed by atoms with van der Waals surface area (Å²) in [5.74, 6) is 0.820. The number of benzene rings is 1. The molecule has 3 aromatic rings. The number of hydrogen-bond acceptors (Lipinski definition) is 6. The van der Waals surface area contributed by atoms with Crippen molar-refractivity contribution in [3.8, 4) is 11.4 Å². The second-order valence-electron chi connectivity index (χ2n) is 7.02. The van der Waals surface area contributed by atoms with Crippen LogP contribution in [-0.2, 0) is 19.6 Å². The standard InChI is InChI=1S/C21H23N5O4/c1-5-11-24-19(27)25(12-6-2)21(29)26(20(24)28)13-17-22-18(23-30-17)16-9-7-15(8-10-16)14(3)4/h5-10,14H,1-2,11-13H2,3-4H3. The van der Waals surface area contributed by atoms with E-state index >= 15 is 0 Å². The zero-order valence-corrected chi connectivity index (χ0v) is 16.9. The van der Waals surface area contributed by atoms with Gasteiger partial charge in [-0.3, -0.25) is 0 Å². The van der Waals surface area contributed by atoms with E-state index in [-0.39, 0.29) is 25.5 Å². The van der Waals surface area contributed by atoms with Gasteiger partial charge in [-0.1, -0.05) is 55.4 Å². The smallest absolute Gasteiger partial charge is 0.337 e. The minimum atomic E-state index is -0.772. The molecule has 156 valence electrons. The Morgan fingerprint density at radius 2 is 1.47 bits per heavy atom. The fourth-order valence-electron chi connectivity index (χ4n) is 2.98. The number of aromatic nitrogens is 5. The Bertz CT molecular complexity index is 1190. The lowest BCUT2D eigenvalue weighted by molar-refractivity contribution is 0.360. The van der Waals surface area contributed by atoms with Crippen LogP contribution in [0.1, 0.15) is 31.2 Å². The van der Waals surface area contributed by atoms with Crippen LogP contribution in [0.2, 0.25) is 0 Å². The third kappa shape index (κ3) is 4.00. The molecule has 0 bridgehead atoms. The molecule has 0 radical (unpaired) electrons. The molecule has 9 heteroatoms. The van der Waals surface area contributed by atoms with Crippen LogP contribution in [0, 0.1) is 0 Å². The summed E-state index contributed by atoms with van der Waals surface area (Å²) < 4.78 is 7.96. The van der Waals surface area contributed by atoms with Crippen molar-refractivity contribution in [1.29, 1.82) is 0 Å². The molecule has 0 spiro atoms. The van der Waals surface area contributed by atoms with E-state index < -0.39 is 17.1 Å². The van der Waals surface area contributed by atoms with Gasteiger partial charge >= 0.3 is 17.1 Å². The fourth-order valence-corrected chi connectivity index (χ4v) is 2.98. The summed E-state index contributed by atoms with van der Waals surface area (Å²) in [7, 11) is 0. The van der Waals surface area contributed by atoms with Crippen molar-refractivity contribution in [3.63, 3.8) is 0 Å². The summed E-state index contributed by atoms with van der Waals surface area (Å²) in [5.41, 5.74) is -0.335. The van der Waals surface area contributed by atoms with Crippen molar-refractivity contribution in [2.24, 2.45) is 0 Å². The predicted octanol–water partition coefficient (Wildman–Crippen LogP) is 1.77. The minimum Gasteiger partial charge on any atom is -0.337 e. The Morgan fingerprint density at radius 1 is 0.933 bits per heavy atom. The lowest BCUT2D eigenvalue weighted by Crippen LogP contribution is -2.54. The molecule has 30 heavy (non-hydrogen) atoms. The highest BCUT2D eigenvalue weighted by Gasteiger charge is 2.17. The molecule has 0 fully saturated rings. The molecule has 2 heterocycles. The van der Waals surface area contributed by atoms with Crippen molar-refractivity contribution in [2.45, 2.75) is 39.4 Å². The van der Waals surface area contributed by atoms with E-state index in [9.17, 15) is 14.4 Å². The molecule has 2 aromatic heterocycles. The van der Waals surface area contributed by atoms with Gasteiger partial charge in [-0.2, -0.15) is 4.98 Å². The van der Waals surface area contributed by atoms with Crippen LogP contribution < -0.4 is 17.1 Å². The molecule has 0 amide bonds. The average molecular weight is 409 g/mol. The Balaban J connectivity index is 2.00. The summed E-state index contributed by atoms with van der Waals surface area (Å²) in [5, 5.41) is 3.94. The van der Waals surface area contributed by atoms with Gasteiger partial charge < -0.3 is 4.52 Å². The van der Waals surface area contributed by atoms with Gasteiger partial charge in [0, 0.05) is 5.56 Å². The second kappa shape index (κ2) is 8.73. The Hall–Kier alpha value is -3.75. The van der Waals surface area contributed by atoms with Gasteiger partial charge in [0.05, 0.1) is 13.1 Å². The van der Waals surface area contributed by atoms with Crippen molar-refractivity contribution in [2.75, 3.05) is 0 Å². The highest BCUT2D eigenvalue weighted by atomic mass is 16.5. The quantitative estimate of drug-likeness (QED) is 0.525. The van der Waals surface area contributed by atoms with E-state index in [1.54, 1.807) is 0 Å². The number of nitrogens with zero attached hydrogens (tertiary/aromatic N) is 5. The molecular formula is C21H23N5O4. The monoisotopic (exact) mass is 409 g/mol. The zero-order chi connectivity index (χ0) is 21.8. The maximum atomic E-state index is 12.7. The summed E-state index contributed by atoms with van der Waals surface area (Å²) >= 11 is 0. The third-order valence-corrected chi connectivity index (χ3v) is 4.61. The first kappa shape index (κ1) is 21.0. The molecule has 0 unspecified atom stereocenters. The van der Waals surface area contributed by atoms with Crippen LogP contribution in [0.4, 0.5) is 0 Å². The molecule has 9 nitrogen and oxygen atoms in total. The van der Waals surface area contributed by atoms with Gasteiger partial charge in [-0.15, -0.1) is 13.2 Å². The second-order valence-corrected chi connectivity index (χ2v) is 7.02. The normalized spacial score (nSPS) is 11.0. The first-order valence-corrected chi connectivity index (χ1v) is 9.46. The van der Waals surface area contributed by atoms with Crippen molar-refractivity contribution >= 4 is 0 Å². The fraction of sp³-hybridized carbons (Fsp3) is 0.286. The van der Waals surface area contributed by atoms with Crippen molar-refractivity contribution < 1.29 is 4.52 Å². The molecule has 0 aliphatic carbocycles. The molecule has 0 saturated carbocycles. The van der Waals surface area contributed by atoms with Gasteiger partial charge in [0.1, 0.15) is 6.54 Å². The first-order chi connectivity index (χ1) is 14.4. The molecule has 0 aliphatic heterocycles. The number of allylic oxidation sites excluding steroid dienone is 2. The van der Waals surface area contributed by atoms with Gasteiger partial charge in [0.15, 0.2) is 0 Å². The van der Waals surface area contributed by atoms with Crippen LogP contribution in [0.5, 0.6) is 0 Å². The Morgan fingerprint density at radius 3 is 1.97 bits per heavy atom. The van der Waals surface area contributed by atoms with Gasteiger partial charge in [-0.05, 0) is 11.5 Å². The Kier molecular flexibility index (Phi) is 6.10. The summed E-state index contributed by atoms with van der Waals surface area (Å²) in [6.07, 6.45) is 2.81. The molecule has 0 atom stereocenters. The van der Waals surface area contributed by atoms with Crippen LogP contribution in [0.15, 0.2) is 68.5 Å². The third-order valence-electron chi connectivity index (χ3n) is 4.61. The zero-order valence-electron chi connectivity index (χ0n) is 16.9. The van der Waals surface area contributed by atoms with Crippen LogP contribution in [-0.4, -0.2) is 23.8 Å². The van der Waals surface area contributed by atoms with Crippen LogP contribution in [0.25, 0.3) is 11.4 Å². The van der Waals surface area contributed by atoms with E-state index in [2.05, 4.69) is 37.1 Å². The van der Waals surface area contributed by atoms with E-state index in [1.165, 1.54) is 17.7 Å². The summed E-state index contributed by atoms with van der Waals surface area (Å²) in [6, 6.07) is 7.74. The molecule has 0 aliphatic rings. The average Bonchev–Trinajstić information content (AvgIpc) is 3.20. The highest BCUT2D eigenvalue weighted by molar-refractivity contribution is 5.54. The predicted molar refractivity (Wildman–Crippen MR) is 113 cm³/mol. The SMILES string of the molecule is C=CCn1c(=O)n(CC=C)c(=O)n(Cc2nc(-c3ccc(C(C)C)cc3)no2)c1=O. The number of rotatable bonds is 8. The summed E-state index contributed by atoms with van der Waals surface area (Å²) in [4.78, 5) is 42.1. The lowest BCUT2D eigenvalue weighted by Gasteiger charge is -2.10. The van der Waals surface area contributed by atoms with Gasteiger partial charge in [0.25, 0.3) is 0 Å². The number of hydrogen-bond donors (Lipinski definition) is 0. The molecule has 1 aromatic carbocycles. The van der Waals surface area contributed by atoms with E-state index in [0.717, 1.165) is 19.3 Å². The van der Waals surface area contributed by atoms with E-state index in [4.69, 9.17) is 4.52 Å². The Labute approximate surface area is 172 Å². The highest BCUT2D eigenvalue weighted by Crippen LogP contribution is 2.20. The summed E-state index contributed by atoms with van der Waals surface area (Å²) in [6.45, 7) is 11.0. The van der Waals surface area contributed by atoms with Crippen molar-refractivity contribution in [1.82, 2.24) is 23.8 Å². The largest absolute Gasteiger partial charge is 0.337 e. The van der Waals surface area contributed by atoms with Crippen molar-refractivity contribution in [3.05, 3.63) is 92.5 Å². The van der Waals surface area contributed by atoms with Gasteiger partial charge in [0.2, 0.25) is 11.7 Å². The first-order valence-electron chi connectivity index (χ1n) is 9.46. The molecular weight excluding hydrogens is 386 g/mol. The maximum absolute atomic E-state index is 12.7. The topological polar surface area (TPSA) is 105 Å². The lowest BCUT2D eigenvalue weighted by atomic mass is 10.0. The minimum absolute atomic E-state index is 0.0353. The maximum Gasteiger partial charge on any atom is 0.337 e.